The molecule has 0 aromatic heterocycles. The van der Waals surface area contributed by atoms with Gasteiger partial charge in [0.05, 0.1) is 13.0 Å². The zero-order chi connectivity index (χ0) is 28.5. The fourth-order valence-electron chi connectivity index (χ4n) is 3.81. The number of amides is 4. The van der Waals surface area contributed by atoms with E-state index in [4.69, 9.17) is 10.5 Å². The van der Waals surface area contributed by atoms with Crippen molar-refractivity contribution in [2.45, 2.75) is 65.3 Å². The summed E-state index contributed by atoms with van der Waals surface area (Å²) in [5, 5.41) is 15.1. The number of hydrogen-bond donors (Lipinski definition) is 4. The zero-order valence-electron chi connectivity index (χ0n) is 22.6. The Labute approximate surface area is 223 Å². The second-order valence-corrected chi connectivity index (χ2v) is 10.1. The largest absolute Gasteiger partial charge is 0.444 e. The summed E-state index contributed by atoms with van der Waals surface area (Å²) in [7, 11) is 0. The maximum Gasteiger partial charge on any atom is 0.408 e. The van der Waals surface area contributed by atoms with Gasteiger partial charge in [-0.05, 0) is 56.9 Å². The highest BCUT2D eigenvalue weighted by atomic mass is 16.6. The standard InChI is InChI=1S/C28H38N4O6/c1-18-11-12-21(15-19(18)2)24(25(35)30-17-20-9-7-6-8-10-20)32(13-14-33)26(36)22(16-23(29)34)31-27(37)38-28(3,4)5/h6-12,15,22,24,33H,13-14,16-17H2,1-5H3,(H2,29,34)(H,30,35)(H,31,37). The molecule has 0 saturated heterocycles. The van der Waals surface area contributed by atoms with Crippen LogP contribution < -0.4 is 16.4 Å². The maximum absolute atomic E-state index is 13.8. The number of aryl methyl sites for hydroxylation is 2. The lowest BCUT2D eigenvalue weighted by molar-refractivity contribution is -0.144. The first-order chi connectivity index (χ1) is 17.8. The minimum atomic E-state index is -1.41. The first kappa shape index (κ1) is 30.3. The van der Waals surface area contributed by atoms with Gasteiger partial charge in [0, 0.05) is 13.1 Å². The lowest BCUT2D eigenvalue weighted by Crippen LogP contribution is -2.54. The number of aliphatic hydroxyl groups is 1. The molecule has 2 atom stereocenters. The van der Waals surface area contributed by atoms with Gasteiger partial charge in [-0.25, -0.2) is 4.79 Å². The molecule has 10 heteroatoms. The average molecular weight is 527 g/mol. The Bertz CT molecular complexity index is 1130. The highest BCUT2D eigenvalue weighted by molar-refractivity contribution is 5.94. The first-order valence-corrected chi connectivity index (χ1v) is 12.4. The van der Waals surface area contributed by atoms with Gasteiger partial charge in [0.15, 0.2) is 0 Å². The Morgan fingerprint density at radius 2 is 1.68 bits per heavy atom. The number of benzene rings is 2. The molecule has 0 spiro atoms. The van der Waals surface area contributed by atoms with E-state index in [1.807, 2.05) is 50.2 Å². The number of carbonyl (C=O) groups excluding carboxylic acids is 4. The molecule has 0 saturated carbocycles. The van der Waals surface area contributed by atoms with Crippen molar-refractivity contribution < 1.29 is 29.0 Å². The van der Waals surface area contributed by atoms with Gasteiger partial charge in [-0.3, -0.25) is 14.4 Å². The van der Waals surface area contributed by atoms with E-state index in [1.54, 1.807) is 32.9 Å². The Morgan fingerprint density at radius 3 is 2.24 bits per heavy atom. The van der Waals surface area contributed by atoms with Crippen LogP contribution in [0.2, 0.25) is 0 Å². The van der Waals surface area contributed by atoms with Gasteiger partial charge in [0.1, 0.15) is 17.7 Å². The van der Waals surface area contributed by atoms with Crippen molar-refractivity contribution in [1.82, 2.24) is 15.5 Å². The van der Waals surface area contributed by atoms with Crippen LogP contribution in [0.4, 0.5) is 4.79 Å². The Kier molecular flexibility index (Phi) is 10.8. The maximum atomic E-state index is 13.8. The average Bonchev–Trinajstić information content (AvgIpc) is 2.83. The molecule has 0 bridgehead atoms. The number of hydrogen-bond acceptors (Lipinski definition) is 6. The predicted octanol–water partition coefficient (Wildman–Crippen LogP) is 2.25. The molecule has 0 heterocycles. The molecule has 2 aromatic rings. The number of carbonyl (C=O) groups is 4. The van der Waals surface area contributed by atoms with E-state index in [2.05, 4.69) is 10.6 Å². The van der Waals surface area contributed by atoms with Crippen molar-refractivity contribution in [1.29, 1.82) is 0 Å². The van der Waals surface area contributed by atoms with E-state index in [1.165, 1.54) is 0 Å². The second kappa shape index (κ2) is 13.6. The van der Waals surface area contributed by atoms with Crippen molar-refractivity contribution in [3.63, 3.8) is 0 Å². The molecule has 0 aliphatic carbocycles. The highest BCUT2D eigenvalue weighted by Gasteiger charge is 2.36. The molecule has 38 heavy (non-hydrogen) atoms. The van der Waals surface area contributed by atoms with Gasteiger partial charge in [0.25, 0.3) is 0 Å². The zero-order valence-corrected chi connectivity index (χ0v) is 22.6. The van der Waals surface area contributed by atoms with Gasteiger partial charge in [-0.1, -0.05) is 48.5 Å². The molecule has 2 unspecified atom stereocenters. The van der Waals surface area contributed by atoms with E-state index >= 15 is 0 Å². The minimum absolute atomic E-state index is 0.211. The fraction of sp³-hybridized carbons (Fsp3) is 0.429. The van der Waals surface area contributed by atoms with Crippen molar-refractivity contribution in [2.24, 2.45) is 5.73 Å². The summed E-state index contributed by atoms with van der Waals surface area (Å²) in [6.45, 7) is 8.29. The smallest absolute Gasteiger partial charge is 0.408 e. The number of alkyl carbamates (subject to hydrolysis) is 1. The molecule has 10 nitrogen and oxygen atoms in total. The van der Waals surface area contributed by atoms with Gasteiger partial charge >= 0.3 is 6.09 Å². The SMILES string of the molecule is Cc1ccc(C(C(=O)NCc2ccccc2)N(CCO)C(=O)C(CC(N)=O)NC(=O)OC(C)(C)C)cc1C. The van der Waals surface area contributed by atoms with Gasteiger partial charge in [-0.2, -0.15) is 0 Å². The minimum Gasteiger partial charge on any atom is -0.444 e. The molecule has 206 valence electrons. The summed E-state index contributed by atoms with van der Waals surface area (Å²) >= 11 is 0. The third-order valence-electron chi connectivity index (χ3n) is 5.73. The van der Waals surface area contributed by atoms with Crippen LogP contribution in [0.15, 0.2) is 48.5 Å². The molecular formula is C28H38N4O6. The quantitative estimate of drug-likeness (QED) is 0.353. The third kappa shape index (κ3) is 9.19. The Hall–Kier alpha value is -3.92. The van der Waals surface area contributed by atoms with E-state index < -0.39 is 54.5 Å². The molecule has 2 rings (SSSR count). The summed E-state index contributed by atoms with van der Waals surface area (Å²) in [5.41, 5.74) is 7.79. The van der Waals surface area contributed by atoms with Crippen LogP contribution in [-0.4, -0.2) is 58.6 Å². The summed E-state index contributed by atoms with van der Waals surface area (Å²) in [5.74, 6) is -2.09. The van der Waals surface area contributed by atoms with Crippen LogP contribution in [0.1, 0.15) is 55.5 Å². The lowest BCUT2D eigenvalue weighted by atomic mass is 9.98. The number of nitrogens with two attached hydrogens (primary N) is 1. The Balaban J connectivity index is 2.47. The fourth-order valence-corrected chi connectivity index (χ4v) is 3.81. The number of nitrogens with zero attached hydrogens (tertiary/aromatic N) is 1. The monoisotopic (exact) mass is 526 g/mol. The lowest BCUT2D eigenvalue weighted by Gasteiger charge is -2.34. The van der Waals surface area contributed by atoms with E-state index in [0.717, 1.165) is 21.6 Å². The van der Waals surface area contributed by atoms with E-state index in [0.29, 0.717) is 5.56 Å². The van der Waals surface area contributed by atoms with Crippen LogP contribution in [-0.2, 0) is 25.7 Å². The summed E-state index contributed by atoms with van der Waals surface area (Å²) < 4.78 is 5.25. The van der Waals surface area contributed by atoms with Gasteiger partial charge in [-0.15, -0.1) is 0 Å². The molecule has 0 aliphatic rings. The van der Waals surface area contributed by atoms with Crippen molar-refractivity contribution in [3.8, 4) is 0 Å². The topological polar surface area (TPSA) is 151 Å². The van der Waals surface area contributed by atoms with Gasteiger partial charge < -0.3 is 31.1 Å². The normalized spacial score (nSPS) is 12.7. The molecular weight excluding hydrogens is 488 g/mol. The van der Waals surface area contributed by atoms with Crippen LogP contribution >= 0.6 is 0 Å². The second-order valence-electron chi connectivity index (χ2n) is 10.1. The molecule has 0 aliphatic heterocycles. The van der Waals surface area contributed by atoms with Crippen LogP contribution in [0.3, 0.4) is 0 Å². The number of nitrogens with one attached hydrogen (secondary N) is 2. The molecule has 0 radical (unpaired) electrons. The van der Waals surface area contributed by atoms with E-state index in [9.17, 15) is 24.3 Å². The number of ether oxygens (including phenoxy) is 1. The number of rotatable bonds is 11. The molecule has 0 fully saturated rings. The first-order valence-electron chi connectivity index (χ1n) is 12.4. The van der Waals surface area contributed by atoms with Crippen molar-refractivity contribution in [2.75, 3.05) is 13.2 Å². The van der Waals surface area contributed by atoms with Crippen LogP contribution in [0, 0.1) is 13.8 Å². The van der Waals surface area contributed by atoms with Crippen molar-refractivity contribution in [3.05, 3.63) is 70.8 Å². The summed E-state index contributed by atoms with van der Waals surface area (Å²) in [6, 6.07) is 12.1. The Morgan fingerprint density at radius 1 is 1.03 bits per heavy atom. The summed E-state index contributed by atoms with van der Waals surface area (Å²) in [6.07, 6.45) is -1.44. The van der Waals surface area contributed by atoms with Crippen LogP contribution in [0.5, 0.6) is 0 Å². The number of primary amides is 1. The molecule has 2 aromatic carbocycles. The van der Waals surface area contributed by atoms with Crippen molar-refractivity contribution >= 4 is 23.8 Å². The summed E-state index contributed by atoms with van der Waals surface area (Å²) in [4.78, 5) is 52.8. The highest BCUT2D eigenvalue weighted by Crippen LogP contribution is 2.25. The predicted molar refractivity (Wildman–Crippen MR) is 143 cm³/mol. The van der Waals surface area contributed by atoms with Crippen LogP contribution in [0.25, 0.3) is 0 Å². The number of aliphatic hydroxyl groups excluding tert-OH is 1. The third-order valence-corrected chi connectivity index (χ3v) is 5.73. The molecule has 5 N–H and O–H groups in total. The molecule has 4 amide bonds. The van der Waals surface area contributed by atoms with E-state index in [-0.39, 0.29) is 13.1 Å². The van der Waals surface area contributed by atoms with Gasteiger partial charge in [0.2, 0.25) is 17.7 Å².